The molecular weight excluding hydrogens is 258 g/mol. The van der Waals surface area contributed by atoms with Crippen molar-refractivity contribution in [2.24, 2.45) is 0 Å². The van der Waals surface area contributed by atoms with E-state index < -0.39 is 6.04 Å². The summed E-state index contributed by atoms with van der Waals surface area (Å²) in [5.41, 5.74) is 0.841. The molecule has 1 amide bonds. The molecule has 1 N–H and O–H groups in total. The van der Waals surface area contributed by atoms with Crippen molar-refractivity contribution in [2.75, 3.05) is 6.61 Å². The lowest BCUT2D eigenvalue weighted by molar-refractivity contribution is -0.124. The van der Waals surface area contributed by atoms with Crippen LogP contribution in [-0.4, -0.2) is 32.3 Å². The Morgan fingerprint density at radius 1 is 1.55 bits per heavy atom. The van der Waals surface area contributed by atoms with E-state index >= 15 is 0 Å². The van der Waals surface area contributed by atoms with E-state index in [1.807, 2.05) is 19.1 Å². The molecule has 0 aliphatic rings. The number of amides is 1. The zero-order valence-corrected chi connectivity index (χ0v) is 11.5. The Morgan fingerprint density at radius 3 is 3.10 bits per heavy atom. The van der Waals surface area contributed by atoms with E-state index in [2.05, 4.69) is 20.4 Å². The van der Waals surface area contributed by atoms with Gasteiger partial charge in [0.25, 0.3) is 0 Å². The van der Waals surface area contributed by atoms with Crippen molar-refractivity contribution in [1.82, 2.24) is 25.1 Å². The summed E-state index contributed by atoms with van der Waals surface area (Å²) < 4.78 is 6.91. The second-order valence-electron chi connectivity index (χ2n) is 4.17. The van der Waals surface area contributed by atoms with Crippen LogP contribution in [0.1, 0.15) is 25.5 Å². The van der Waals surface area contributed by atoms with Crippen molar-refractivity contribution in [1.29, 1.82) is 0 Å². The monoisotopic (exact) mass is 275 g/mol. The van der Waals surface area contributed by atoms with Gasteiger partial charge in [-0.3, -0.25) is 4.79 Å². The number of hydrogen-bond donors (Lipinski definition) is 1. The highest BCUT2D eigenvalue weighted by Crippen LogP contribution is 2.14. The molecular formula is C13H17N5O2. The zero-order valence-electron chi connectivity index (χ0n) is 11.5. The molecule has 0 fully saturated rings. The van der Waals surface area contributed by atoms with Gasteiger partial charge in [-0.25, -0.2) is 14.6 Å². The van der Waals surface area contributed by atoms with E-state index in [0.717, 1.165) is 5.56 Å². The van der Waals surface area contributed by atoms with Crippen LogP contribution in [0.3, 0.4) is 0 Å². The third kappa shape index (κ3) is 3.31. The molecule has 2 aromatic heterocycles. The normalized spacial score (nSPS) is 11.9. The summed E-state index contributed by atoms with van der Waals surface area (Å²) in [5, 5.41) is 6.79. The van der Waals surface area contributed by atoms with Gasteiger partial charge < -0.3 is 10.1 Å². The molecule has 20 heavy (non-hydrogen) atoms. The lowest BCUT2D eigenvalue weighted by Crippen LogP contribution is -2.31. The Hall–Kier alpha value is -2.44. The second kappa shape index (κ2) is 6.65. The predicted octanol–water partition coefficient (Wildman–Crippen LogP) is 0.949. The largest absolute Gasteiger partial charge is 0.478 e. The van der Waals surface area contributed by atoms with Crippen molar-refractivity contribution in [3.05, 3.63) is 36.5 Å². The van der Waals surface area contributed by atoms with E-state index in [9.17, 15) is 4.79 Å². The molecule has 1 atom stereocenters. The standard InChI is InChI=1S/C13H17N5O2/c1-3-20-13-11(5-4-6-15-13)7-16-12(19)10(2)18-9-14-8-17-18/h4-6,8-10H,3,7H2,1-2H3,(H,16,19)/t10-/m1/s1. The number of carbonyl (C=O) groups is 1. The van der Waals surface area contributed by atoms with Crippen molar-refractivity contribution >= 4 is 5.91 Å². The van der Waals surface area contributed by atoms with Gasteiger partial charge in [0.2, 0.25) is 11.8 Å². The quantitative estimate of drug-likeness (QED) is 0.848. The fourth-order valence-corrected chi connectivity index (χ4v) is 1.69. The highest BCUT2D eigenvalue weighted by Gasteiger charge is 2.15. The van der Waals surface area contributed by atoms with Gasteiger partial charge in [0.05, 0.1) is 6.61 Å². The van der Waals surface area contributed by atoms with E-state index in [1.54, 1.807) is 13.1 Å². The number of nitrogens with zero attached hydrogens (tertiary/aromatic N) is 4. The lowest BCUT2D eigenvalue weighted by atomic mass is 10.2. The Kier molecular flexibility index (Phi) is 4.65. The van der Waals surface area contributed by atoms with Crippen molar-refractivity contribution in [2.45, 2.75) is 26.4 Å². The van der Waals surface area contributed by atoms with Crippen LogP contribution in [-0.2, 0) is 11.3 Å². The molecule has 2 rings (SSSR count). The van der Waals surface area contributed by atoms with Crippen molar-refractivity contribution < 1.29 is 9.53 Å². The van der Waals surface area contributed by atoms with Crippen LogP contribution in [0.25, 0.3) is 0 Å². The molecule has 0 bridgehead atoms. The molecule has 7 heteroatoms. The average Bonchev–Trinajstić information content (AvgIpc) is 2.99. The Labute approximate surface area is 117 Å². The number of hydrogen-bond acceptors (Lipinski definition) is 5. The van der Waals surface area contributed by atoms with Crippen molar-refractivity contribution in [3.63, 3.8) is 0 Å². The fraction of sp³-hybridized carbons (Fsp3) is 0.385. The fourth-order valence-electron chi connectivity index (χ4n) is 1.69. The molecule has 2 aromatic rings. The van der Waals surface area contributed by atoms with E-state index in [1.165, 1.54) is 17.3 Å². The maximum atomic E-state index is 12.0. The van der Waals surface area contributed by atoms with Crippen LogP contribution in [0.2, 0.25) is 0 Å². The molecule has 0 saturated carbocycles. The predicted molar refractivity (Wildman–Crippen MR) is 72.0 cm³/mol. The third-order valence-electron chi connectivity index (χ3n) is 2.80. The summed E-state index contributed by atoms with van der Waals surface area (Å²) in [6.45, 7) is 4.55. The van der Waals surface area contributed by atoms with Crippen LogP contribution >= 0.6 is 0 Å². The van der Waals surface area contributed by atoms with Gasteiger partial charge in [0.15, 0.2) is 0 Å². The Bertz CT molecular complexity index is 556. The maximum absolute atomic E-state index is 12.0. The zero-order chi connectivity index (χ0) is 14.4. The number of nitrogens with one attached hydrogen (secondary N) is 1. The first-order valence-electron chi connectivity index (χ1n) is 6.41. The number of rotatable bonds is 6. The Balaban J connectivity index is 1.96. The molecule has 0 unspecified atom stereocenters. The lowest BCUT2D eigenvalue weighted by Gasteiger charge is -2.13. The van der Waals surface area contributed by atoms with E-state index in [0.29, 0.717) is 19.0 Å². The molecule has 0 saturated heterocycles. The molecule has 2 heterocycles. The number of aromatic nitrogens is 4. The minimum Gasteiger partial charge on any atom is -0.478 e. The second-order valence-corrected chi connectivity index (χ2v) is 4.17. The summed E-state index contributed by atoms with van der Waals surface area (Å²) in [4.78, 5) is 20.0. The summed E-state index contributed by atoms with van der Waals surface area (Å²) >= 11 is 0. The average molecular weight is 275 g/mol. The molecule has 0 aliphatic carbocycles. The minimum atomic E-state index is -0.412. The first-order valence-corrected chi connectivity index (χ1v) is 6.41. The van der Waals surface area contributed by atoms with E-state index in [4.69, 9.17) is 4.74 Å². The molecule has 0 aromatic carbocycles. The van der Waals surface area contributed by atoms with Gasteiger partial charge in [-0.15, -0.1) is 0 Å². The van der Waals surface area contributed by atoms with Gasteiger partial charge in [-0.05, 0) is 19.9 Å². The highest BCUT2D eigenvalue weighted by molar-refractivity contribution is 5.79. The SMILES string of the molecule is CCOc1ncccc1CNC(=O)[C@@H](C)n1cncn1. The molecule has 0 aliphatic heterocycles. The van der Waals surface area contributed by atoms with Crippen LogP contribution in [0.15, 0.2) is 31.0 Å². The summed E-state index contributed by atoms with van der Waals surface area (Å²) in [7, 11) is 0. The van der Waals surface area contributed by atoms with Crippen LogP contribution < -0.4 is 10.1 Å². The molecule has 106 valence electrons. The first-order chi connectivity index (χ1) is 9.72. The van der Waals surface area contributed by atoms with Gasteiger partial charge in [-0.2, -0.15) is 5.10 Å². The molecule has 0 radical (unpaired) electrons. The number of ether oxygens (including phenoxy) is 1. The minimum absolute atomic E-state index is 0.137. The van der Waals surface area contributed by atoms with Crippen LogP contribution in [0, 0.1) is 0 Å². The van der Waals surface area contributed by atoms with Crippen LogP contribution in [0.5, 0.6) is 5.88 Å². The molecule has 0 spiro atoms. The van der Waals surface area contributed by atoms with Gasteiger partial charge in [0.1, 0.15) is 18.7 Å². The summed E-state index contributed by atoms with van der Waals surface area (Å²) in [6.07, 6.45) is 4.58. The maximum Gasteiger partial charge on any atom is 0.244 e. The van der Waals surface area contributed by atoms with E-state index in [-0.39, 0.29) is 5.91 Å². The highest BCUT2D eigenvalue weighted by atomic mass is 16.5. The van der Waals surface area contributed by atoms with Crippen LogP contribution in [0.4, 0.5) is 0 Å². The smallest absolute Gasteiger partial charge is 0.244 e. The first kappa shape index (κ1) is 14.0. The Morgan fingerprint density at radius 2 is 2.40 bits per heavy atom. The third-order valence-corrected chi connectivity index (χ3v) is 2.80. The number of carbonyl (C=O) groups excluding carboxylic acids is 1. The summed E-state index contributed by atoms with van der Waals surface area (Å²) in [5.74, 6) is 0.408. The van der Waals surface area contributed by atoms with Gasteiger partial charge in [0, 0.05) is 18.3 Å². The van der Waals surface area contributed by atoms with Gasteiger partial charge >= 0.3 is 0 Å². The number of pyridine rings is 1. The summed E-state index contributed by atoms with van der Waals surface area (Å²) in [6, 6.07) is 3.27. The van der Waals surface area contributed by atoms with Crippen molar-refractivity contribution in [3.8, 4) is 5.88 Å². The van der Waals surface area contributed by atoms with Gasteiger partial charge in [-0.1, -0.05) is 6.07 Å². The molecule has 7 nitrogen and oxygen atoms in total. The topological polar surface area (TPSA) is 81.9 Å².